The van der Waals surface area contributed by atoms with Crippen molar-refractivity contribution >= 4 is 11.6 Å². The van der Waals surface area contributed by atoms with E-state index in [0.717, 1.165) is 18.2 Å². The van der Waals surface area contributed by atoms with E-state index in [-0.39, 0.29) is 12.1 Å². The molecule has 7 heteroatoms. The van der Waals surface area contributed by atoms with Crippen LogP contribution in [0.15, 0.2) is 48.5 Å². The van der Waals surface area contributed by atoms with Gasteiger partial charge in [0, 0.05) is 6.07 Å². The highest BCUT2D eigenvalue weighted by molar-refractivity contribution is 5.93. The lowest BCUT2D eigenvalue weighted by molar-refractivity contribution is -0.120. The molecule has 0 aliphatic carbocycles. The maximum absolute atomic E-state index is 13.1. The number of rotatable bonds is 6. The lowest BCUT2D eigenvalue weighted by Gasteiger charge is -2.23. The summed E-state index contributed by atoms with van der Waals surface area (Å²) in [6.45, 7) is -1.70. The van der Waals surface area contributed by atoms with Crippen LogP contribution in [0.4, 0.5) is 18.9 Å². The maximum Gasteiger partial charge on any atom is 0.387 e. The fourth-order valence-electron chi connectivity index (χ4n) is 2.20. The van der Waals surface area contributed by atoms with E-state index in [2.05, 4.69) is 10.1 Å². The second kappa shape index (κ2) is 7.35. The van der Waals surface area contributed by atoms with E-state index >= 15 is 0 Å². The zero-order chi connectivity index (χ0) is 17.7. The van der Waals surface area contributed by atoms with Crippen LogP contribution in [0.2, 0.25) is 0 Å². The van der Waals surface area contributed by atoms with Crippen molar-refractivity contribution in [3.05, 3.63) is 59.9 Å². The van der Waals surface area contributed by atoms with E-state index in [1.54, 1.807) is 30.3 Å². The van der Waals surface area contributed by atoms with Crippen LogP contribution >= 0.6 is 0 Å². The van der Waals surface area contributed by atoms with Crippen LogP contribution in [0.3, 0.4) is 0 Å². The molecule has 0 heterocycles. The fraction of sp³-hybridized carbons (Fsp3) is 0.235. The van der Waals surface area contributed by atoms with E-state index < -0.39 is 29.7 Å². The highest BCUT2D eigenvalue weighted by atomic mass is 19.3. The van der Waals surface area contributed by atoms with Crippen LogP contribution in [0.1, 0.15) is 18.9 Å². The first kappa shape index (κ1) is 17.8. The highest BCUT2D eigenvalue weighted by Crippen LogP contribution is 2.29. The summed E-state index contributed by atoms with van der Waals surface area (Å²) < 4.78 is 42.1. The Bertz CT molecular complexity index is 705. The number of alkyl halides is 2. The number of hydrogen-bond donors (Lipinski definition) is 2. The van der Waals surface area contributed by atoms with Crippen molar-refractivity contribution in [2.24, 2.45) is 0 Å². The molecule has 1 amide bonds. The molecule has 2 N–H and O–H groups in total. The van der Waals surface area contributed by atoms with Gasteiger partial charge in [0.05, 0.1) is 17.7 Å². The number of nitrogens with one attached hydrogen (secondary N) is 1. The molecule has 0 fully saturated rings. The third kappa shape index (κ3) is 4.73. The molecular formula is C17H16F3NO3. The number of ether oxygens (including phenoxy) is 1. The molecule has 2 rings (SSSR count). The Labute approximate surface area is 136 Å². The Kier molecular flexibility index (Phi) is 5.46. The predicted molar refractivity (Wildman–Crippen MR) is 82.3 cm³/mol. The van der Waals surface area contributed by atoms with Crippen molar-refractivity contribution in [3.63, 3.8) is 0 Å². The molecule has 24 heavy (non-hydrogen) atoms. The Balaban J connectivity index is 2.12. The molecule has 1 atom stereocenters. The fourth-order valence-corrected chi connectivity index (χ4v) is 2.20. The highest BCUT2D eigenvalue weighted by Gasteiger charge is 2.27. The Hall–Kier alpha value is -2.54. The summed E-state index contributed by atoms with van der Waals surface area (Å²) in [4.78, 5) is 12.1. The minimum absolute atomic E-state index is 0.106. The smallest absolute Gasteiger partial charge is 0.387 e. The first-order chi connectivity index (χ1) is 11.3. The second-order valence-electron chi connectivity index (χ2n) is 5.38. The molecule has 2 aromatic carbocycles. The third-order valence-corrected chi connectivity index (χ3v) is 3.33. The van der Waals surface area contributed by atoms with Crippen molar-refractivity contribution in [3.8, 4) is 5.75 Å². The molecule has 0 saturated heterocycles. The molecule has 0 aliphatic rings. The normalized spacial score (nSPS) is 13.4. The first-order valence-electron chi connectivity index (χ1n) is 7.10. The molecule has 128 valence electrons. The van der Waals surface area contributed by atoms with Crippen LogP contribution < -0.4 is 10.1 Å². The average Bonchev–Trinajstić information content (AvgIpc) is 2.50. The summed E-state index contributed by atoms with van der Waals surface area (Å²) in [5.74, 6) is -1.90. The van der Waals surface area contributed by atoms with Crippen molar-refractivity contribution in [2.75, 3.05) is 5.32 Å². The van der Waals surface area contributed by atoms with Crippen LogP contribution in [0.5, 0.6) is 5.75 Å². The number of hydrogen-bond acceptors (Lipinski definition) is 3. The molecule has 0 bridgehead atoms. The van der Waals surface area contributed by atoms with E-state index in [1.807, 2.05) is 0 Å². The van der Waals surface area contributed by atoms with Crippen LogP contribution in [0.25, 0.3) is 0 Å². The quantitative estimate of drug-likeness (QED) is 0.844. The van der Waals surface area contributed by atoms with Gasteiger partial charge in [-0.15, -0.1) is 0 Å². The predicted octanol–water partition coefficient (Wildman–Crippen LogP) is 3.66. The number of halogens is 3. The molecule has 0 saturated carbocycles. The number of carbonyl (C=O) groups is 1. The number of aliphatic hydroxyl groups is 1. The van der Waals surface area contributed by atoms with Gasteiger partial charge in [-0.3, -0.25) is 4.79 Å². The van der Waals surface area contributed by atoms with Gasteiger partial charge < -0.3 is 15.2 Å². The molecule has 2 aromatic rings. The van der Waals surface area contributed by atoms with E-state index in [4.69, 9.17) is 0 Å². The van der Waals surface area contributed by atoms with Crippen LogP contribution in [-0.2, 0) is 10.4 Å². The minimum atomic E-state index is -3.16. The molecule has 0 spiro atoms. The van der Waals surface area contributed by atoms with E-state index in [0.29, 0.717) is 5.56 Å². The molecule has 0 aromatic heterocycles. The molecule has 1 unspecified atom stereocenters. The lowest BCUT2D eigenvalue weighted by Crippen LogP contribution is -2.28. The monoisotopic (exact) mass is 339 g/mol. The standard InChI is InChI=1S/C17H16F3NO3/c1-17(23,11-5-3-2-4-6-11)10-15(22)21-13-8-7-12(18)9-14(13)24-16(19)20/h2-9,16,23H,10H2,1H3,(H,21,22). The summed E-state index contributed by atoms with van der Waals surface area (Å²) in [5.41, 5.74) is -1.02. The summed E-state index contributed by atoms with van der Waals surface area (Å²) in [6.07, 6.45) is -0.317. The Morgan fingerprint density at radius 2 is 1.92 bits per heavy atom. The van der Waals surface area contributed by atoms with Gasteiger partial charge in [-0.25, -0.2) is 4.39 Å². The van der Waals surface area contributed by atoms with Gasteiger partial charge in [0.15, 0.2) is 5.75 Å². The van der Waals surface area contributed by atoms with E-state index in [1.165, 1.54) is 6.92 Å². The first-order valence-corrected chi connectivity index (χ1v) is 7.10. The van der Waals surface area contributed by atoms with Gasteiger partial charge in [-0.2, -0.15) is 8.78 Å². The number of carbonyl (C=O) groups excluding carboxylic acids is 1. The molecular weight excluding hydrogens is 323 g/mol. The van der Waals surface area contributed by atoms with Gasteiger partial charge in [0.2, 0.25) is 5.91 Å². The summed E-state index contributed by atoms with van der Waals surface area (Å²) in [6, 6.07) is 11.4. The van der Waals surface area contributed by atoms with Crippen LogP contribution in [-0.4, -0.2) is 17.6 Å². The molecule has 4 nitrogen and oxygen atoms in total. The van der Waals surface area contributed by atoms with Crippen molar-refractivity contribution in [2.45, 2.75) is 25.6 Å². The summed E-state index contributed by atoms with van der Waals surface area (Å²) in [7, 11) is 0. The van der Waals surface area contributed by atoms with Gasteiger partial charge >= 0.3 is 6.61 Å². The van der Waals surface area contributed by atoms with Crippen LogP contribution in [0, 0.1) is 5.82 Å². The van der Waals surface area contributed by atoms with Gasteiger partial charge in [0.25, 0.3) is 0 Å². The second-order valence-corrected chi connectivity index (χ2v) is 5.38. The Morgan fingerprint density at radius 1 is 1.25 bits per heavy atom. The molecule has 0 radical (unpaired) electrons. The van der Waals surface area contributed by atoms with Crippen molar-refractivity contribution in [1.29, 1.82) is 0 Å². The van der Waals surface area contributed by atoms with E-state index in [9.17, 15) is 23.1 Å². The third-order valence-electron chi connectivity index (χ3n) is 3.33. The lowest BCUT2D eigenvalue weighted by atomic mass is 9.92. The largest absolute Gasteiger partial charge is 0.432 e. The topological polar surface area (TPSA) is 58.6 Å². The van der Waals surface area contributed by atoms with Gasteiger partial charge in [-0.1, -0.05) is 30.3 Å². The summed E-state index contributed by atoms with van der Waals surface area (Å²) in [5, 5.41) is 12.8. The van der Waals surface area contributed by atoms with Gasteiger partial charge in [-0.05, 0) is 24.6 Å². The number of anilines is 1. The van der Waals surface area contributed by atoms with Crippen molar-refractivity contribution in [1.82, 2.24) is 0 Å². The zero-order valence-electron chi connectivity index (χ0n) is 12.8. The Morgan fingerprint density at radius 3 is 2.54 bits per heavy atom. The average molecular weight is 339 g/mol. The zero-order valence-corrected chi connectivity index (χ0v) is 12.8. The number of amides is 1. The maximum atomic E-state index is 13.1. The van der Waals surface area contributed by atoms with Crippen molar-refractivity contribution < 1.29 is 27.8 Å². The number of benzene rings is 2. The summed E-state index contributed by atoms with van der Waals surface area (Å²) >= 11 is 0. The minimum Gasteiger partial charge on any atom is -0.432 e. The SMILES string of the molecule is CC(O)(CC(=O)Nc1ccc(F)cc1OC(F)F)c1ccccc1. The van der Waals surface area contributed by atoms with Gasteiger partial charge in [0.1, 0.15) is 5.82 Å². The molecule has 0 aliphatic heterocycles.